The Labute approximate surface area is 48.0 Å². The van der Waals surface area contributed by atoms with Gasteiger partial charge in [0.25, 0.3) is 0 Å². The molecule has 1 aromatic rings. The third-order valence-corrected chi connectivity index (χ3v) is 1.00. The molecule has 1 heteroatoms. The van der Waals surface area contributed by atoms with Crippen LogP contribution in [0.3, 0.4) is 0 Å². The summed E-state index contributed by atoms with van der Waals surface area (Å²) in [5.74, 6) is 0. The van der Waals surface area contributed by atoms with E-state index in [0.29, 0.717) is 0 Å². The third kappa shape index (κ3) is 0.757. The van der Waals surface area contributed by atoms with Crippen molar-refractivity contribution >= 4 is 13.2 Å². The van der Waals surface area contributed by atoms with Crippen molar-refractivity contribution in [3.63, 3.8) is 0 Å². The average molecular weight is 105 g/mol. The standard InChI is InChI=1S/C7H7N/c1-6-3-4-8-5-7(6)2/h3-5H,1-2H2. The second-order valence-electron chi connectivity index (χ2n) is 1.64. The molecule has 0 bridgehead atoms. The second-order valence-corrected chi connectivity index (χ2v) is 1.64. The highest BCUT2D eigenvalue weighted by molar-refractivity contribution is 5.11. The van der Waals surface area contributed by atoms with Crippen LogP contribution in [0.25, 0.3) is 13.2 Å². The summed E-state index contributed by atoms with van der Waals surface area (Å²) in [6.45, 7) is 7.41. The van der Waals surface area contributed by atoms with Crippen molar-refractivity contribution in [3.05, 3.63) is 28.9 Å². The quantitative estimate of drug-likeness (QED) is 0.449. The largest absolute Gasteiger partial charge is 0.264 e. The molecule has 1 rings (SSSR count). The van der Waals surface area contributed by atoms with Crippen LogP contribution in [0.2, 0.25) is 0 Å². The molecular weight excluding hydrogens is 98.1 g/mol. The molecule has 0 saturated carbocycles. The lowest BCUT2D eigenvalue weighted by Gasteiger charge is -1.79. The molecule has 0 atom stereocenters. The molecule has 40 valence electrons. The third-order valence-electron chi connectivity index (χ3n) is 1.00. The summed E-state index contributed by atoms with van der Waals surface area (Å²) in [6, 6.07) is 1.84. The maximum atomic E-state index is 3.84. The fourth-order valence-electron chi connectivity index (χ4n) is 0.456. The van der Waals surface area contributed by atoms with Gasteiger partial charge < -0.3 is 0 Å². The topological polar surface area (TPSA) is 12.9 Å². The summed E-state index contributed by atoms with van der Waals surface area (Å²) < 4.78 is 0. The van der Waals surface area contributed by atoms with E-state index in [4.69, 9.17) is 0 Å². The molecule has 0 aromatic carbocycles. The minimum absolute atomic E-state index is 0.896. The summed E-state index contributed by atoms with van der Waals surface area (Å²) in [5.41, 5.74) is 0. The van der Waals surface area contributed by atoms with Crippen molar-refractivity contribution in [3.8, 4) is 0 Å². The first-order valence-electron chi connectivity index (χ1n) is 2.38. The van der Waals surface area contributed by atoms with Gasteiger partial charge >= 0.3 is 0 Å². The van der Waals surface area contributed by atoms with Gasteiger partial charge in [0.15, 0.2) is 0 Å². The van der Waals surface area contributed by atoms with Crippen LogP contribution >= 0.6 is 0 Å². The summed E-state index contributed by atoms with van der Waals surface area (Å²) in [6.07, 6.45) is 3.40. The van der Waals surface area contributed by atoms with Gasteiger partial charge in [-0.25, -0.2) is 0 Å². The van der Waals surface area contributed by atoms with Gasteiger partial charge in [-0.05, 0) is 16.5 Å². The van der Waals surface area contributed by atoms with Gasteiger partial charge in [-0.1, -0.05) is 13.2 Å². The van der Waals surface area contributed by atoms with Crippen LogP contribution in [0, 0.1) is 0 Å². The zero-order valence-corrected chi connectivity index (χ0v) is 4.59. The molecule has 0 aliphatic rings. The minimum atomic E-state index is 0.896. The molecule has 0 aliphatic carbocycles. The first-order valence-corrected chi connectivity index (χ1v) is 2.38. The van der Waals surface area contributed by atoms with E-state index in [-0.39, 0.29) is 0 Å². The molecule has 0 saturated heterocycles. The molecule has 1 heterocycles. The van der Waals surface area contributed by atoms with E-state index in [2.05, 4.69) is 18.1 Å². The SMILES string of the molecule is C=c1ccncc1=C. The predicted molar refractivity (Wildman–Crippen MR) is 34.5 cm³/mol. The van der Waals surface area contributed by atoms with E-state index >= 15 is 0 Å². The van der Waals surface area contributed by atoms with E-state index in [1.807, 2.05) is 6.07 Å². The molecule has 0 aliphatic heterocycles. The van der Waals surface area contributed by atoms with Gasteiger partial charge in [0, 0.05) is 12.4 Å². The monoisotopic (exact) mass is 105 g/mol. The Morgan fingerprint density at radius 3 is 2.38 bits per heavy atom. The highest BCUT2D eigenvalue weighted by Gasteiger charge is 1.72. The molecule has 0 amide bonds. The van der Waals surface area contributed by atoms with Crippen molar-refractivity contribution in [2.75, 3.05) is 0 Å². The summed E-state index contributed by atoms with van der Waals surface area (Å²) in [7, 11) is 0. The van der Waals surface area contributed by atoms with Gasteiger partial charge in [-0.3, -0.25) is 4.98 Å². The first-order chi connectivity index (χ1) is 3.80. The van der Waals surface area contributed by atoms with Crippen LogP contribution in [0.1, 0.15) is 0 Å². The van der Waals surface area contributed by atoms with E-state index in [0.717, 1.165) is 10.4 Å². The zero-order chi connectivity index (χ0) is 5.98. The highest BCUT2D eigenvalue weighted by Crippen LogP contribution is 1.57. The maximum Gasteiger partial charge on any atom is 0.0340 e. The Kier molecular flexibility index (Phi) is 1.12. The Hall–Kier alpha value is -1.11. The van der Waals surface area contributed by atoms with Crippen molar-refractivity contribution in [2.24, 2.45) is 0 Å². The van der Waals surface area contributed by atoms with Crippen LogP contribution in [-0.4, -0.2) is 4.98 Å². The van der Waals surface area contributed by atoms with E-state index in [1.54, 1.807) is 12.4 Å². The molecule has 0 spiro atoms. The van der Waals surface area contributed by atoms with Crippen LogP contribution in [0.5, 0.6) is 0 Å². The number of nitrogens with zero attached hydrogens (tertiary/aromatic N) is 1. The van der Waals surface area contributed by atoms with E-state index in [9.17, 15) is 0 Å². The Bertz CT molecular complexity index is 235. The van der Waals surface area contributed by atoms with E-state index < -0.39 is 0 Å². The lowest BCUT2D eigenvalue weighted by atomic mass is 10.3. The molecule has 1 nitrogen and oxygen atoms in total. The summed E-state index contributed by atoms with van der Waals surface area (Å²) in [5, 5.41) is 1.84. The zero-order valence-electron chi connectivity index (χ0n) is 4.59. The van der Waals surface area contributed by atoms with Crippen LogP contribution < -0.4 is 10.4 Å². The lowest BCUT2D eigenvalue weighted by Crippen LogP contribution is -2.20. The van der Waals surface area contributed by atoms with Crippen LogP contribution in [0.15, 0.2) is 18.5 Å². The molecular formula is C7H7N. The first kappa shape index (κ1) is 5.04. The number of aromatic nitrogens is 1. The number of hydrogen-bond donors (Lipinski definition) is 0. The molecule has 1 aromatic heterocycles. The fraction of sp³-hybridized carbons (Fsp3) is 0. The lowest BCUT2D eigenvalue weighted by molar-refractivity contribution is 1.28. The Morgan fingerprint density at radius 1 is 1.25 bits per heavy atom. The fourth-order valence-corrected chi connectivity index (χ4v) is 0.456. The second kappa shape index (κ2) is 1.78. The van der Waals surface area contributed by atoms with Gasteiger partial charge in [0.1, 0.15) is 0 Å². The summed E-state index contributed by atoms with van der Waals surface area (Å²) in [4.78, 5) is 3.84. The molecule has 0 fully saturated rings. The Morgan fingerprint density at radius 2 is 2.00 bits per heavy atom. The average Bonchev–Trinajstić information content (AvgIpc) is 1.77. The van der Waals surface area contributed by atoms with Crippen molar-refractivity contribution in [2.45, 2.75) is 0 Å². The number of pyridine rings is 1. The van der Waals surface area contributed by atoms with Gasteiger partial charge in [-0.15, -0.1) is 0 Å². The summed E-state index contributed by atoms with van der Waals surface area (Å²) >= 11 is 0. The number of rotatable bonds is 0. The molecule has 0 radical (unpaired) electrons. The van der Waals surface area contributed by atoms with Crippen LogP contribution in [-0.2, 0) is 0 Å². The van der Waals surface area contributed by atoms with Crippen molar-refractivity contribution in [1.82, 2.24) is 4.98 Å². The predicted octanol–water partition coefficient (Wildman–Crippen LogP) is -0.0978. The van der Waals surface area contributed by atoms with Gasteiger partial charge in [0.2, 0.25) is 0 Å². The number of hydrogen-bond acceptors (Lipinski definition) is 1. The van der Waals surface area contributed by atoms with E-state index in [1.165, 1.54) is 0 Å². The van der Waals surface area contributed by atoms with Crippen molar-refractivity contribution in [1.29, 1.82) is 0 Å². The van der Waals surface area contributed by atoms with Gasteiger partial charge in [-0.2, -0.15) is 0 Å². The Balaban J connectivity index is 3.59. The maximum absolute atomic E-state index is 3.84. The highest BCUT2D eigenvalue weighted by atomic mass is 14.6. The molecule has 0 unspecified atom stereocenters. The molecule has 0 N–H and O–H groups in total. The van der Waals surface area contributed by atoms with Crippen LogP contribution in [0.4, 0.5) is 0 Å². The minimum Gasteiger partial charge on any atom is -0.264 e. The smallest absolute Gasteiger partial charge is 0.0340 e. The molecule has 8 heavy (non-hydrogen) atoms. The normalized spacial score (nSPS) is 9.00. The van der Waals surface area contributed by atoms with Crippen molar-refractivity contribution < 1.29 is 0 Å². The van der Waals surface area contributed by atoms with Gasteiger partial charge in [0.05, 0.1) is 0 Å².